The maximum Gasteiger partial charge on any atom is 0.160 e. The fourth-order valence-corrected chi connectivity index (χ4v) is 6.46. The van der Waals surface area contributed by atoms with Crippen molar-refractivity contribution in [2.75, 3.05) is 0 Å². The highest BCUT2D eigenvalue weighted by Crippen LogP contribution is 2.33. The standard InChI is InChI=1S/C47H27N3/c1-2-11-36-27-38(25-22-32(36)9-1)37-13-5-16-41(28-37)47-49-45(35-23-20-33(21-24-35)42-17-8-26-48-31-42)30-46(50-47)40-15-6-14-39(29-40)44-19-7-12-34-10-3-4-18-43(34)44/h1-5,7-13,15-21,23-24,26-31H. The average molecular weight is 634 g/mol. The van der Waals surface area contributed by atoms with Crippen molar-refractivity contribution in [3.63, 3.8) is 0 Å². The van der Waals surface area contributed by atoms with E-state index in [1.165, 1.54) is 10.8 Å². The van der Waals surface area contributed by atoms with Gasteiger partial charge in [0.15, 0.2) is 5.82 Å². The molecule has 0 aliphatic carbocycles. The molecule has 0 bridgehead atoms. The Balaban J connectivity index is 1.17. The second-order valence-corrected chi connectivity index (χ2v) is 12.2. The van der Waals surface area contributed by atoms with Crippen molar-refractivity contribution >= 4 is 21.5 Å². The van der Waals surface area contributed by atoms with Crippen molar-refractivity contribution in [3.05, 3.63) is 188 Å². The Morgan fingerprint density at radius 1 is 0.440 bits per heavy atom. The van der Waals surface area contributed by atoms with Crippen LogP contribution in [0.4, 0.5) is 0 Å². The van der Waals surface area contributed by atoms with E-state index in [0.717, 1.165) is 72.2 Å². The first-order valence-electron chi connectivity index (χ1n) is 16.5. The van der Waals surface area contributed by atoms with Gasteiger partial charge in [0.25, 0.3) is 0 Å². The smallest absolute Gasteiger partial charge is 0.160 e. The minimum atomic E-state index is 0.639. The van der Waals surface area contributed by atoms with Crippen molar-refractivity contribution in [1.29, 1.82) is 0 Å². The second kappa shape index (κ2) is 12.5. The maximum absolute atomic E-state index is 5.18. The Morgan fingerprint density at radius 2 is 1.18 bits per heavy atom. The summed E-state index contributed by atoms with van der Waals surface area (Å²) in [7, 11) is 0. The Labute approximate surface area is 291 Å². The molecule has 0 saturated carbocycles. The lowest BCUT2D eigenvalue weighted by molar-refractivity contribution is 1.18. The quantitative estimate of drug-likeness (QED) is 0.183. The Kier molecular flexibility index (Phi) is 7.28. The zero-order chi connectivity index (χ0) is 33.3. The lowest BCUT2D eigenvalue weighted by Crippen LogP contribution is -1.96. The van der Waals surface area contributed by atoms with E-state index in [-0.39, 0.29) is 0 Å². The molecule has 9 rings (SSSR count). The van der Waals surface area contributed by atoms with Crippen LogP contribution in [0.15, 0.2) is 164 Å². The molecule has 3 nitrogen and oxygen atoms in total. The molecule has 230 valence electrons. The molecule has 0 radical (unpaired) electrons. The number of nitrogens with zero attached hydrogens (tertiary/aromatic N) is 3. The minimum absolute atomic E-state index is 0.639. The number of pyridine rings is 1. The number of aromatic nitrogens is 3. The van der Waals surface area contributed by atoms with Gasteiger partial charge in [-0.1, -0.05) is 133 Å². The fourth-order valence-electron chi connectivity index (χ4n) is 6.46. The lowest BCUT2D eigenvalue weighted by Gasteiger charge is -2.11. The molecule has 0 atom stereocenters. The van der Waals surface area contributed by atoms with E-state index in [2.05, 4.69) is 157 Å². The summed E-state index contributed by atoms with van der Waals surface area (Å²) in [5, 5.41) is 4.53. The molecule has 7 aromatic carbocycles. The Morgan fingerprint density at radius 3 is 2.06 bits per heavy atom. The highest BCUT2D eigenvalue weighted by Gasteiger charge is 2.14. The zero-order valence-electron chi connectivity index (χ0n) is 26.9. The van der Waals surface area contributed by atoms with Crippen molar-refractivity contribution in [2.45, 2.75) is 0 Å². The van der Waals surface area contributed by atoms with Gasteiger partial charge in [-0.15, -0.1) is 0 Å². The number of benzene rings is 5. The van der Waals surface area contributed by atoms with Crippen molar-refractivity contribution in [2.24, 2.45) is 0 Å². The maximum atomic E-state index is 5.18. The topological polar surface area (TPSA) is 38.7 Å². The fraction of sp³-hybridized carbons (Fsp3) is 0. The van der Waals surface area contributed by atoms with Crippen LogP contribution in [0.5, 0.6) is 0 Å². The van der Waals surface area contributed by atoms with E-state index < -0.39 is 0 Å². The van der Waals surface area contributed by atoms with Gasteiger partial charge in [-0.2, -0.15) is 0 Å². The SMILES string of the molecule is c1cc(-c2cc(-c3ccc(-c4cccnc4)cc3)nc(-c3cccc(-c4c#cc5ccccc5c4)c3)n2)cc(-c2cccc3ccccc23)c#1. The molecular formula is C47H27N3. The molecule has 0 aliphatic heterocycles. The summed E-state index contributed by atoms with van der Waals surface area (Å²) in [6.07, 6.45) is 3.67. The van der Waals surface area contributed by atoms with E-state index in [1.807, 2.05) is 30.5 Å². The predicted octanol–water partition coefficient (Wildman–Crippen LogP) is 11.4. The van der Waals surface area contributed by atoms with Gasteiger partial charge in [0.2, 0.25) is 0 Å². The van der Waals surface area contributed by atoms with E-state index >= 15 is 0 Å². The third kappa shape index (κ3) is 5.60. The van der Waals surface area contributed by atoms with Crippen LogP contribution in [0.1, 0.15) is 0 Å². The van der Waals surface area contributed by atoms with Gasteiger partial charge in [0, 0.05) is 45.6 Å². The molecule has 2 heterocycles. The van der Waals surface area contributed by atoms with Gasteiger partial charge < -0.3 is 0 Å². The average Bonchev–Trinajstić information content (AvgIpc) is 3.21. The van der Waals surface area contributed by atoms with Crippen LogP contribution in [0, 0.1) is 24.3 Å². The zero-order valence-corrected chi connectivity index (χ0v) is 26.9. The Hall–Kier alpha value is -7.07. The predicted molar refractivity (Wildman–Crippen MR) is 203 cm³/mol. The molecule has 0 unspecified atom stereocenters. The first-order chi connectivity index (χ1) is 24.7. The molecule has 50 heavy (non-hydrogen) atoms. The highest BCUT2D eigenvalue weighted by atomic mass is 14.9. The lowest BCUT2D eigenvalue weighted by atomic mass is 9.97. The first-order valence-corrected chi connectivity index (χ1v) is 16.5. The molecular weight excluding hydrogens is 607 g/mol. The number of fused-ring (bicyclic) bond motifs is 2. The molecule has 3 heteroatoms. The molecule has 0 saturated heterocycles. The Bertz CT molecular complexity index is 2640. The van der Waals surface area contributed by atoms with Crippen LogP contribution in [0.3, 0.4) is 0 Å². The van der Waals surface area contributed by atoms with Gasteiger partial charge >= 0.3 is 0 Å². The van der Waals surface area contributed by atoms with Gasteiger partial charge in [0.1, 0.15) is 0 Å². The van der Waals surface area contributed by atoms with Crippen molar-refractivity contribution in [1.82, 2.24) is 15.0 Å². The van der Waals surface area contributed by atoms with Crippen LogP contribution < -0.4 is 0 Å². The summed E-state index contributed by atoms with van der Waals surface area (Å²) in [6, 6.07) is 65.5. The molecule has 9 aromatic rings. The summed E-state index contributed by atoms with van der Waals surface area (Å²) in [4.78, 5) is 14.6. The number of hydrogen-bond acceptors (Lipinski definition) is 3. The van der Waals surface area contributed by atoms with Gasteiger partial charge in [-0.25, -0.2) is 9.97 Å². The van der Waals surface area contributed by atoms with Crippen LogP contribution in [0.2, 0.25) is 0 Å². The molecule has 0 N–H and O–H groups in total. The van der Waals surface area contributed by atoms with Gasteiger partial charge in [0.05, 0.1) is 11.4 Å². The van der Waals surface area contributed by atoms with Crippen LogP contribution in [-0.4, -0.2) is 15.0 Å². The highest BCUT2D eigenvalue weighted by molar-refractivity contribution is 5.97. The van der Waals surface area contributed by atoms with E-state index in [4.69, 9.17) is 9.97 Å². The van der Waals surface area contributed by atoms with Crippen LogP contribution in [-0.2, 0) is 0 Å². The molecule has 0 spiro atoms. The van der Waals surface area contributed by atoms with Crippen molar-refractivity contribution in [3.8, 4) is 67.3 Å². The number of rotatable bonds is 6. The molecule has 2 aromatic heterocycles. The molecule has 0 amide bonds. The first kappa shape index (κ1) is 29.1. The van der Waals surface area contributed by atoms with Crippen LogP contribution in [0.25, 0.3) is 88.8 Å². The summed E-state index contributed by atoms with van der Waals surface area (Å²) < 4.78 is 0. The minimum Gasteiger partial charge on any atom is -0.264 e. The third-order valence-electron chi connectivity index (χ3n) is 9.04. The van der Waals surface area contributed by atoms with E-state index in [0.29, 0.717) is 5.82 Å². The number of hydrogen-bond donors (Lipinski definition) is 0. The van der Waals surface area contributed by atoms with Crippen LogP contribution >= 0.6 is 0 Å². The van der Waals surface area contributed by atoms with E-state index in [9.17, 15) is 0 Å². The summed E-state index contributed by atoms with van der Waals surface area (Å²) in [5.41, 5.74) is 10.7. The van der Waals surface area contributed by atoms with Gasteiger partial charge in [-0.05, 0) is 80.9 Å². The molecule has 0 fully saturated rings. The summed E-state index contributed by atoms with van der Waals surface area (Å²) in [6.45, 7) is 0. The second-order valence-electron chi connectivity index (χ2n) is 12.2. The van der Waals surface area contributed by atoms with Gasteiger partial charge in [-0.3, -0.25) is 4.98 Å². The summed E-state index contributed by atoms with van der Waals surface area (Å²) in [5.74, 6) is 0.639. The largest absolute Gasteiger partial charge is 0.264 e. The van der Waals surface area contributed by atoms with Crippen molar-refractivity contribution < 1.29 is 0 Å². The summed E-state index contributed by atoms with van der Waals surface area (Å²) >= 11 is 0. The normalized spacial score (nSPS) is 10.9. The van der Waals surface area contributed by atoms with E-state index in [1.54, 1.807) is 6.20 Å². The molecule has 0 aliphatic rings. The third-order valence-corrected chi connectivity index (χ3v) is 9.04. The monoisotopic (exact) mass is 633 g/mol.